The standard InChI is InChI=1S/C13H16N4O/c18-10-5-3-9(4-6-10)17-13-11-2-1-7-14-12(11)15-8-16-13/h1-2,7-10,18H,3-6H2,(H,14,15,16,17). The fraction of sp³-hybridized carbons (Fsp3) is 0.462. The van der Waals surface area contributed by atoms with Crippen LogP contribution in [0, 0.1) is 0 Å². The molecule has 1 aliphatic rings. The Labute approximate surface area is 105 Å². The van der Waals surface area contributed by atoms with E-state index in [9.17, 15) is 5.11 Å². The average molecular weight is 244 g/mol. The van der Waals surface area contributed by atoms with Crippen molar-refractivity contribution in [2.75, 3.05) is 5.32 Å². The minimum atomic E-state index is -0.133. The molecule has 5 heteroatoms. The Morgan fingerprint density at radius 1 is 1.11 bits per heavy atom. The van der Waals surface area contributed by atoms with Gasteiger partial charge in [0, 0.05) is 12.2 Å². The summed E-state index contributed by atoms with van der Waals surface area (Å²) < 4.78 is 0. The van der Waals surface area contributed by atoms with Crippen LogP contribution in [0.25, 0.3) is 11.0 Å². The SMILES string of the molecule is OC1CCC(Nc2ncnc3ncccc23)CC1. The lowest BCUT2D eigenvalue weighted by Gasteiger charge is -2.26. The van der Waals surface area contributed by atoms with Crippen LogP contribution in [0.1, 0.15) is 25.7 Å². The third-order valence-electron chi connectivity index (χ3n) is 3.45. The van der Waals surface area contributed by atoms with Gasteiger partial charge in [0.25, 0.3) is 0 Å². The van der Waals surface area contributed by atoms with E-state index in [1.165, 1.54) is 6.33 Å². The summed E-state index contributed by atoms with van der Waals surface area (Å²) in [6.07, 6.45) is 6.82. The van der Waals surface area contributed by atoms with Crippen LogP contribution in [0.5, 0.6) is 0 Å². The van der Waals surface area contributed by atoms with Gasteiger partial charge >= 0.3 is 0 Å². The highest BCUT2D eigenvalue weighted by atomic mass is 16.3. The summed E-state index contributed by atoms with van der Waals surface area (Å²) in [4.78, 5) is 12.7. The van der Waals surface area contributed by atoms with Gasteiger partial charge in [-0.1, -0.05) is 0 Å². The Bertz CT molecular complexity index is 532. The van der Waals surface area contributed by atoms with Crippen molar-refractivity contribution in [3.05, 3.63) is 24.7 Å². The molecule has 94 valence electrons. The number of anilines is 1. The maximum absolute atomic E-state index is 9.50. The van der Waals surface area contributed by atoms with E-state index in [2.05, 4.69) is 20.3 Å². The molecule has 0 radical (unpaired) electrons. The van der Waals surface area contributed by atoms with Gasteiger partial charge < -0.3 is 10.4 Å². The van der Waals surface area contributed by atoms with Crippen LogP contribution < -0.4 is 5.32 Å². The van der Waals surface area contributed by atoms with Gasteiger partial charge in [0.1, 0.15) is 12.1 Å². The zero-order valence-electron chi connectivity index (χ0n) is 10.1. The Hall–Kier alpha value is -1.75. The summed E-state index contributed by atoms with van der Waals surface area (Å²) in [5, 5.41) is 13.9. The fourth-order valence-electron chi connectivity index (χ4n) is 2.42. The highest BCUT2D eigenvalue weighted by Gasteiger charge is 2.20. The van der Waals surface area contributed by atoms with E-state index >= 15 is 0 Å². The normalized spacial score (nSPS) is 24.1. The van der Waals surface area contributed by atoms with Gasteiger partial charge in [-0.3, -0.25) is 0 Å². The Morgan fingerprint density at radius 2 is 1.94 bits per heavy atom. The van der Waals surface area contributed by atoms with Gasteiger partial charge in [-0.25, -0.2) is 15.0 Å². The number of hydrogen-bond donors (Lipinski definition) is 2. The average Bonchev–Trinajstić information content (AvgIpc) is 2.42. The highest BCUT2D eigenvalue weighted by molar-refractivity contribution is 5.85. The quantitative estimate of drug-likeness (QED) is 0.842. The van der Waals surface area contributed by atoms with Crippen molar-refractivity contribution in [1.82, 2.24) is 15.0 Å². The smallest absolute Gasteiger partial charge is 0.164 e. The molecule has 18 heavy (non-hydrogen) atoms. The molecule has 1 aliphatic carbocycles. The van der Waals surface area contributed by atoms with Crippen molar-refractivity contribution >= 4 is 16.9 Å². The van der Waals surface area contributed by atoms with Gasteiger partial charge in [-0.15, -0.1) is 0 Å². The second-order valence-electron chi connectivity index (χ2n) is 4.75. The molecule has 0 aromatic carbocycles. The van der Waals surface area contributed by atoms with E-state index in [-0.39, 0.29) is 6.10 Å². The Kier molecular flexibility index (Phi) is 3.06. The summed E-state index contributed by atoms with van der Waals surface area (Å²) in [5.41, 5.74) is 0.714. The first-order chi connectivity index (χ1) is 8.83. The number of aliphatic hydroxyl groups excluding tert-OH is 1. The summed E-state index contributed by atoms with van der Waals surface area (Å²) in [5.74, 6) is 0.842. The third kappa shape index (κ3) is 2.26. The molecule has 0 aliphatic heterocycles. The lowest BCUT2D eigenvalue weighted by molar-refractivity contribution is 0.126. The molecule has 1 fully saturated rings. The van der Waals surface area contributed by atoms with E-state index in [1.807, 2.05) is 12.1 Å². The second-order valence-corrected chi connectivity index (χ2v) is 4.75. The van der Waals surface area contributed by atoms with Crippen LogP contribution in [-0.2, 0) is 0 Å². The molecule has 3 rings (SSSR count). The molecular weight excluding hydrogens is 228 g/mol. The van der Waals surface area contributed by atoms with Crippen LogP contribution >= 0.6 is 0 Å². The van der Waals surface area contributed by atoms with Crippen molar-refractivity contribution in [2.24, 2.45) is 0 Å². The first-order valence-electron chi connectivity index (χ1n) is 6.33. The number of hydrogen-bond acceptors (Lipinski definition) is 5. The van der Waals surface area contributed by atoms with Crippen molar-refractivity contribution in [3.8, 4) is 0 Å². The van der Waals surface area contributed by atoms with Crippen molar-refractivity contribution < 1.29 is 5.11 Å². The van der Waals surface area contributed by atoms with Gasteiger partial charge in [0.2, 0.25) is 0 Å². The third-order valence-corrected chi connectivity index (χ3v) is 3.45. The number of fused-ring (bicyclic) bond motifs is 1. The molecule has 0 bridgehead atoms. The number of aliphatic hydroxyl groups is 1. The summed E-state index contributed by atoms with van der Waals surface area (Å²) in [6, 6.07) is 4.25. The molecular formula is C13H16N4O. The van der Waals surface area contributed by atoms with Crippen LogP contribution in [0.4, 0.5) is 5.82 Å². The van der Waals surface area contributed by atoms with E-state index in [0.29, 0.717) is 11.7 Å². The predicted molar refractivity (Wildman–Crippen MR) is 69.2 cm³/mol. The van der Waals surface area contributed by atoms with Gasteiger partial charge in [-0.05, 0) is 37.8 Å². The zero-order valence-corrected chi connectivity index (χ0v) is 10.1. The first kappa shape index (κ1) is 11.3. The largest absolute Gasteiger partial charge is 0.393 e. The van der Waals surface area contributed by atoms with Crippen LogP contribution in [-0.4, -0.2) is 32.2 Å². The molecule has 0 amide bonds. The molecule has 5 nitrogen and oxygen atoms in total. The summed E-state index contributed by atoms with van der Waals surface area (Å²) >= 11 is 0. The maximum atomic E-state index is 9.50. The number of rotatable bonds is 2. The van der Waals surface area contributed by atoms with E-state index in [0.717, 1.165) is 36.9 Å². The first-order valence-corrected chi connectivity index (χ1v) is 6.33. The van der Waals surface area contributed by atoms with Crippen molar-refractivity contribution in [3.63, 3.8) is 0 Å². The van der Waals surface area contributed by atoms with Gasteiger partial charge in [0.15, 0.2) is 5.65 Å². The minimum Gasteiger partial charge on any atom is -0.393 e. The van der Waals surface area contributed by atoms with Gasteiger partial charge in [-0.2, -0.15) is 0 Å². The lowest BCUT2D eigenvalue weighted by Crippen LogP contribution is -2.28. The van der Waals surface area contributed by atoms with E-state index < -0.39 is 0 Å². The van der Waals surface area contributed by atoms with Crippen molar-refractivity contribution in [1.29, 1.82) is 0 Å². The Balaban J connectivity index is 1.82. The van der Waals surface area contributed by atoms with Crippen molar-refractivity contribution in [2.45, 2.75) is 37.8 Å². The number of pyridine rings is 1. The van der Waals surface area contributed by atoms with Crippen LogP contribution in [0.2, 0.25) is 0 Å². The molecule has 2 heterocycles. The van der Waals surface area contributed by atoms with E-state index in [4.69, 9.17) is 0 Å². The zero-order chi connectivity index (χ0) is 12.4. The number of aromatic nitrogens is 3. The maximum Gasteiger partial charge on any atom is 0.164 e. The highest BCUT2D eigenvalue weighted by Crippen LogP contribution is 2.24. The monoisotopic (exact) mass is 244 g/mol. The van der Waals surface area contributed by atoms with E-state index in [1.54, 1.807) is 6.20 Å². The van der Waals surface area contributed by atoms with Crippen LogP contribution in [0.3, 0.4) is 0 Å². The molecule has 0 saturated heterocycles. The number of nitrogens with zero attached hydrogens (tertiary/aromatic N) is 3. The minimum absolute atomic E-state index is 0.133. The molecule has 0 spiro atoms. The molecule has 1 saturated carbocycles. The summed E-state index contributed by atoms with van der Waals surface area (Å²) in [7, 11) is 0. The number of nitrogens with one attached hydrogen (secondary N) is 1. The van der Waals surface area contributed by atoms with Crippen LogP contribution in [0.15, 0.2) is 24.7 Å². The fourth-order valence-corrected chi connectivity index (χ4v) is 2.42. The molecule has 2 aromatic heterocycles. The predicted octanol–water partition coefficient (Wildman–Crippen LogP) is 1.74. The lowest BCUT2D eigenvalue weighted by atomic mass is 9.93. The molecule has 2 N–H and O–H groups in total. The Morgan fingerprint density at radius 3 is 2.78 bits per heavy atom. The molecule has 0 unspecified atom stereocenters. The topological polar surface area (TPSA) is 70.9 Å². The summed E-state index contributed by atoms with van der Waals surface area (Å²) in [6.45, 7) is 0. The molecule has 0 atom stereocenters. The second kappa shape index (κ2) is 4.86. The molecule has 2 aromatic rings. The van der Waals surface area contributed by atoms with Gasteiger partial charge in [0.05, 0.1) is 11.5 Å².